The molecule has 0 spiro atoms. The van der Waals surface area contributed by atoms with Gasteiger partial charge in [-0.05, 0) is 50.2 Å². The number of aromatic nitrogens is 1. The number of ether oxygens (including phenoxy) is 1. The summed E-state index contributed by atoms with van der Waals surface area (Å²) in [5.74, 6) is 0.00658. The third-order valence-corrected chi connectivity index (χ3v) is 5.39. The molecule has 29 heavy (non-hydrogen) atoms. The van der Waals surface area contributed by atoms with Crippen LogP contribution in [0.4, 0.5) is 11.4 Å². The van der Waals surface area contributed by atoms with Crippen molar-refractivity contribution in [1.82, 2.24) is 4.98 Å². The number of hydrogen-bond donors (Lipinski definition) is 2. The van der Waals surface area contributed by atoms with E-state index in [4.69, 9.17) is 4.74 Å². The Kier molecular flexibility index (Phi) is 5.84. The van der Waals surface area contributed by atoms with E-state index in [9.17, 15) is 13.2 Å². The Morgan fingerprint density at radius 3 is 2.31 bits per heavy atom. The topological polar surface area (TPSA) is 97.4 Å². The van der Waals surface area contributed by atoms with Gasteiger partial charge in [0.1, 0.15) is 5.75 Å². The van der Waals surface area contributed by atoms with Gasteiger partial charge in [0, 0.05) is 24.1 Å². The number of rotatable bonds is 7. The molecule has 2 aromatic carbocycles. The number of carbonyl (C=O) groups is 1. The normalized spacial score (nSPS) is 11.5. The minimum atomic E-state index is -3.72. The lowest BCUT2D eigenvalue weighted by Crippen LogP contribution is -2.42. The maximum absolute atomic E-state index is 12.6. The molecule has 1 aromatic heterocycles. The molecular weight excluding hydrogens is 390 g/mol. The zero-order valence-corrected chi connectivity index (χ0v) is 16.8. The summed E-state index contributed by atoms with van der Waals surface area (Å²) in [4.78, 5) is 16.6. The Morgan fingerprint density at radius 1 is 0.931 bits per heavy atom. The number of nitrogens with zero attached hydrogens (tertiary/aromatic N) is 1. The van der Waals surface area contributed by atoms with Gasteiger partial charge in [0.2, 0.25) is 0 Å². The molecule has 0 saturated heterocycles. The van der Waals surface area contributed by atoms with Crippen molar-refractivity contribution in [1.29, 1.82) is 0 Å². The fourth-order valence-corrected chi connectivity index (χ4v) is 3.57. The van der Waals surface area contributed by atoms with E-state index in [0.29, 0.717) is 17.1 Å². The van der Waals surface area contributed by atoms with Crippen molar-refractivity contribution in [3.8, 4) is 5.75 Å². The highest BCUT2D eigenvalue weighted by Crippen LogP contribution is 2.25. The zero-order valence-electron chi connectivity index (χ0n) is 16.0. The van der Waals surface area contributed by atoms with Crippen molar-refractivity contribution < 1.29 is 17.9 Å². The molecule has 8 heteroatoms. The second-order valence-corrected chi connectivity index (χ2v) is 8.43. The summed E-state index contributed by atoms with van der Waals surface area (Å²) in [5.41, 5.74) is -0.261. The van der Waals surface area contributed by atoms with Gasteiger partial charge in [-0.15, -0.1) is 0 Å². The van der Waals surface area contributed by atoms with Crippen molar-refractivity contribution in [3.05, 3.63) is 79.1 Å². The third kappa shape index (κ3) is 5.32. The fourth-order valence-electron chi connectivity index (χ4n) is 2.49. The first-order valence-electron chi connectivity index (χ1n) is 8.85. The molecule has 0 fully saturated rings. The Morgan fingerprint density at radius 2 is 1.62 bits per heavy atom. The average molecular weight is 411 g/mol. The molecule has 1 amide bonds. The molecule has 0 aliphatic rings. The molecule has 1 heterocycles. The van der Waals surface area contributed by atoms with Crippen LogP contribution >= 0.6 is 0 Å². The van der Waals surface area contributed by atoms with E-state index < -0.39 is 15.6 Å². The van der Waals surface area contributed by atoms with E-state index in [1.807, 2.05) is 0 Å². The highest BCUT2D eigenvalue weighted by molar-refractivity contribution is 7.92. The number of sulfonamides is 1. The maximum Gasteiger partial charge on any atom is 0.267 e. The number of hydrogen-bond acceptors (Lipinski definition) is 5. The molecule has 0 bridgehead atoms. The van der Waals surface area contributed by atoms with Crippen LogP contribution in [0.1, 0.15) is 13.8 Å². The van der Waals surface area contributed by atoms with E-state index in [1.54, 1.807) is 74.8 Å². The summed E-state index contributed by atoms with van der Waals surface area (Å²) in [6.07, 6.45) is 3.15. The van der Waals surface area contributed by atoms with Crippen molar-refractivity contribution >= 4 is 27.3 Å². The summed E-state index contributed by atoms with van der Waals surface area (Å²) >= 11 is 0. The van der Waals surface area contributed by atoms with Crippen molar-refractivity contribution in [3.63, 3.8) is 0 Å². The van der Waals surface area contributed by atoms with E-state index in [2.05, 4.69) is 15.0 Å². The standard InChI is InChI=1S/C21H21N3O4S/c1-21(2,20(25)23-16-11-13-22-14-12-16)28-18-8-6-7-17(15-18)24-29(26,27)19-9-4-3-5-10-19/h3-15,24H,1-2H3,(H,22,23,25). The summed E-state index contributed by atoms with van der Waals surface area (Å²) in [5, 5.41) is 2.76. The zero-order chi connectivity index (χ0) is 20.9. The Balaban J connectivity index is 1.73. The number of benzene rings is 2. The molecule has 0 aliphatic heterocycles. The number of carbonyl (C=O) groups excluding carboxylic acids is 1. The molecular formula is C21H21N3O4S. The van der Waals surface area contributed by atoms with Gasteiger partial charge < -0.3 is 10.1 Å². The second kappa shape index (κ2) is 8.32. The van der Waals surface area contributed by atoms with Crippen LogP contribution in [-0.4, -0.2) is 24.9 Å². The van der Waals surface area contributed by atoms with Crippen LogP contribution in [0.5, 0.6) is 5.75 Å². The molecule has 3 rings (SSSR count). The summed E-state index contributed by atoms with van der Waals surface area (Å²) in [7, 11) is -3.72. The smallest absolute Gasteiger partial charge is 0.267 e. The lowest BCUT2D eigenvalue weighted by Gasteiger charge is -2.25. The average Bonchev–Trinajstić information content (AvgIpc) is 2.69. The van der Waals surface area contributed by atoms with Crippen molar-refractivity contribution in [2.45, 2.75) is 24.3 Å². The van der Waals surface area contributed by atoms with E-state index in [-0.39, 0.29) is 10.8 Å². The largest absolute Gasteiger partial charge is 0.478 e. The number of anilines is 2. The highest BCUT2D eigenvalue weighted by atomic mass is 32.2. The Hall–Kier alpha value is -3.39. The molecule has 150 valence electrons. The Bertz CT molecular complexity index is 1090. The highest BCUT2D eigenvalue weighted by Gasteiger charge is 2.30. The van der Waals surface area contributed by atoms with Crippen molar-refractivity contribution in [2.75, 3.05) is 10.0 Å². The van der Waals surface area contributed by atoms with Gasteiger partial charge >= 0.3 is 0 Å². The molecule has 2 N–H and O–H groups in total. The first kappa shape index (κ1) is 20.3. The molecule has 0 atom stereocenters. The lowest BCUT2D eigenvalue weighted by molar-refractivity contribution is -0.128. The van der Waals surface area contributed by atoms with Crippen LogP contribution in [-0.2, 0) is 14.8 Å². The molecule has 0 unspecified atom stereocenters. The van der Waals surface area contributed by atoms with Crippen LogP contribution < -0.4 is 14.8 Å². The summed E-state index contributed by atoms with van der Waals surface area (Å²) in [6.45, 7) is 3.26. The second-order valence-electron chi connectivity index (χ2n) is 6.75. The maximum atomic E-state index is 12.6. The van der Waals surface area contributed by atoms with E-state index in [1.165, 1.54) is 18.2 Å². The van der Waals surface area contributed by atoms with Gasteiger partial charge in [0.05, 0.1) is 10.6 Å². The first-order valence-corrected chi connectivity index (χ1v) is 10.3. The van der Waals surface area contributed by atoms with Gasteiger partial charge in [0.15, 0.2) is 5.60 Å². The lowest BCUT2D eigenvalue weighted by atomic mass is 10.1. The van der Waals surface area contributed by atoms with E-state index in [0.717, 1.165) is 0 Å². The quantitative estimate of drug-likeness (QED) is 0.618. The summed E-state index contributed by atoms with van der Waals surface area (Å²) in [6, 6.07) is 17.9. The van der Waals surface area contributed by atoms with Gasteiger partial charge in [-0.2, -0.15) is 0 Å². The molecule has 0 aliphatic carbocycles. The van der Waals surface area contributed by atoms with Crippen LogP contribution in [0.15, 0.2) is 84.0 Å². The monoisotopic (exact) mass is 411 g/mol. The molecule has 0 saturated carbocycles. The van der Waals surface area contributed by atoms with Gasteiger partial charge in [-0.25, -0.2) is 8.42 Å². The van der Waals surface area contributed by atoms with Gasteiger partial charge in [-0.1, -0.05) is 24.3 Å². The Labute approximate surface area is 169 Å². The van der Waals surface area contributed by atoms with Crippen LogP contribution in [0, 0.1) is 0 Å². The summed E-state index contributed by atoms with van der Waals surface area (Å²) < 4.78 is 33.3. The minimum Gasteiger partial charge on any atom is -0.478 e. The molecule has 3 aromatic rings. The number of amides is 1. The van der Waals surface area contributed by atoms with E-state index >= 15 is 0 Å². The van der Waals surface area contributed by atoms with Crippen LogP contribution in [0.3, 0.4) is 0 Å². The number of pyridine rings is 1. The third-order valence-electron chi connectivity index (χ3n) is 4.00. The SMILES string of the molecule is CC(C)(Oc1cccc(NS(=O)(=O)c2ccccc2)c1)C(=O)Nc1ccncc1. The van der Waals surface area contributed by atoms with Crippen molar-refractivity contribution in [2.24, 2.45) is 0 Å². The van der Waals surface area contributed by atoms with Gasteiger partial charge in [-0.3, -0.25) is 14.5 Å². The molecule has 7 nitrogen and oxygen atoms in total. The van der Waals surface area contributed by atoms with Crippen LogP contribution in [0.2, 0.25) is 0 Å². The molecule has 0 radical (unpaired) electrons. The fraction of sp³-hybridized carbons (Fsp3) is 0.143. The predicted octanol–water partition coefficient (Wildman–Crippen LogP) is 3.68. The number of nitrogens with one attached hydrogen (secondary N) is 2. The van der Waals surface area contributed by atoms with Gasteiger partial charge in [0.25, 0.3) is 15.9 Å². The minimum absolute atomic E-state index is 0.156. The predicted molar refractivity (Wildman–Crippen MR) is 111 cm³/mol. The first-order chi connectivity index (χ1) is 13.8. The van der Waals surface area contributed by atoms with Crippen LogP contribution in [0.25, 0.3) is 0 Å².